The minimum atomic E-state index is -0.133. The van der Waals surface area contributed by atoms with E-state index in [0.29, 0.717) is 22.7 Å². The molecule has 0 aliphatic rings. The quantitative estimate of drug-likeness (QED) is 0.494. The van der Waals surface area contributed by atoms with Crippen LogP contribution in [0.5, 0.6) is 5.75 Å². The average Bonchev–Trinajstić information content (AvgIpc) is 3.07. The van der Waals surface area contributed by atoms with Crippen molar-refractivity contribution in [3.05, 3.63) is 77.4 Å². The maximum atomic E-state index is 12.3. The predicted molar refractivity (Wildman–Crippen MR) is 109 cm³/mol. The summed E-state index contributed by atoms with van der Waals surface area (Å²) in [6.07, 6.45) is 0.276. The van der Waals surface area contributed by atoms with Crippen molar-refractivity contribution in [3.8, 4) is 17.2 Å². The number of aromatic hydroxyl groups is 1. The Labute approximate surface area is 162 Å². The number of phenolic OH excluding ortho intramolecular Hbond substituents is 1. The molecule has 4 rings (SSSR count). The molecule has 28 heavy (non-hydrogen) atoms. The molecule has 0 aliphatic heterocycles. The van der Waals surface area contributed by atoms with E-state index < -0.39 is 0 Å². The predicted octanol–water partition coefficient (Wildman–Crippen LogP) is 5.00. The van der Waals surface area contributed by atoms with Gasteiger partial charge in [0.25, 0.3) is 0 Å². The number of nitrogens with one attached hydrogen (secondary N) is 1. The van der Waals surface area contributed by atoms with Gasteiger partial charge in [-0.1, -0.05) is 30.3 Å². The first-order valence-corrected chi connectivity index (χ1v) is 9.04. The molecular formula is C23H20N2O3. The van der Waals surface area contributed by atoms with E-state index in [1.165, 1.54) is 6.07 Å². The number of phenols is 1. The van der Waals surface area contributed by atoms with Gasteiger partial charge in [-0.05, 0) is 60.9 Å². The molecule has 1 amide bonds. The van der Waals surface area contributed by atoms with E-state index in [0.717, 1.165) is 22.2 Å². The second kappa shape index (κ2) is 7.19. The lowest BCUT2D eigenvalue weighted by Crippen LogP contribution is -2.14. The molecule has 5 heteroatoms. The van der Waals surface area contributed by atoms with Crippen LogP contribution in [0.25, 0.3) is 22.6 Å². The summed E-state index contributed by atoms with van der Waals surface area (Å²) in [5.74, 6) is 0.226. The number of oxazole rings is 1. The number of amides is 1. The van der Waals surface area contributed by atoms with Crippen molar-refractivity contribution in [2.75, 3.05) is 5.32 Å². The van der Waals surface area contributed by atoms with Gasteiger partial charge >= 0.3 is 0 Å². The highest BCUT2D eigenvalue weighted by atomic mass is 16.3. The number of hydrogen-bond donors (Lipinski definition) is 2. The fraction of sp³-hybridized carbons (Fsp3) is 0.130. The zero-order valence-electron chi connectivity index (χ0n) is 15.7. The van der Waals surface area contributed by atoms with Crippen LogP contribution in [-0.2, 0) is 11.2 Å². The van der Waals surface area contributed by atoms with Gasteiger partial charge in [0.05, 0.1) is 12.0 Å². The molecule has 0 saturated carbocycles. The highest BCUT2D eigenvalue weighted by Gasteiger charge is 2.15. The van der Waals surface area contributed by atoms with Gasteiger partial charge in [0, 0.05) is 5.69 Å². The lowest BCUT2D eigenvalue weighted by atomic mass is 10.1. The van der Waals surface area contributed by atoms with Crippen LogP contribution in [0.3, 0.4) is 0 Å². The minimum Gasteiger partial charge on any atom is -0.507 e. The van der Waals surface area contributed by atoms with Crippen LogP contribution in [0.15, 0.2) is 65.1 Å². The first kappa shape index (κ1) is 17.8. The van der Waals surface area contributed by atoms with Crippen LogP contribution in [0.4, 0.5) is 5.69 Å². The molecule has 0 aliphatic carbocycles. The zero-order valence-corrected chi connectivity index (χ0v) is 15.7. The number of rotatable bonds is 4. The number of anilines is 1. The Morgan fingerprint density at radius 3 is 2.57 bits per heavy atom. The largest absolute Gasteiger partial charge is 0.507 e. The van der Waals surface area contributed by atoms with Gasteiger partial charge in [-0.3, -0.25) is 4.79 Å². The number of carbonyl (C=O) groups is 1. The van der Waals surface area contributed by atoms with Crippen molar-refractivity contribution in [2.45, 2.75) is 20.3 Å². The van der Waals surface area contributed by atoms with E-state index in [9.17, 15) is 9.90 Å². The third kappa shape index (κ3) is 3.60. The number of benzene rings is 3. The van der Waals surface area contributed by atoms with E-state index >= 15 is 0 Å². The Bertz CT molecular complexity index is 1120. The molecule has 1 heterocycles. The minimum absolute atomic E-state index is 0.0426. The Kier molecular flexibility index (Phi) is 4.57. The lowest BCUT2D eigenvalue weighted by Gasteiger charge is -2.08. The first-order valence-electron chi connectivity index (χ1n) is 9.04. The molecule has 0 fully saturated rings. The molecule has 0 radical (unpaired) electrons. The van der Waals surface area contributed by atoms with Gasteiger partial charge < -0.3 is 14.8 Å². The Morgan fingerprint density at radius 1 is 1.04 bits per heavy atom. The van der Waals surface area contributed by atoms with Gasteiger partial charge in [0.15, 0.2) is 5.58 Å². The molecule has 0 atom stereocenters. The van der Waals surface area contributed by atoms with Crippen LogP contribution in [0.1, 0.15) is 16.7 Å². The number of hydrogen-bond acceptors (Lipinski definition) is 4. The standard InChI is InChI=1S/C23H20N2O3/c1-14-10-19-21(11-15(14)2)28-23(25-19)18-13-17(8-9-20(18)26)24-22(27)12-16-6-4-3-5-7-16/h3-11,13,26H,12H2,1-2H3,(H,24,27). The maximum absolute atomic E-state index is 12.3. The molecule has 0 spiro atoms. The topological polar surface area (TPSA) is 75.4 Å². The van der Waals surface area contributed by atoms with Crippen LogP contribution >= 0.6 is 0 Å². The molecule has 4 aromatic rings. The molecule has 1 aromatic heterocycles. The smallest absolute Gasteiger partial charge is 0.231 e. The molecule has 3 aromatic carbocycles. The zero-order chi connectivity index (χ0) is 19.7. The molecule has 0 bridgehead atoms. The van der Waals surface area contributed by atoms with Gasteiger partial charge in [0.2, 0.25) is 11.8 Å². The summed E-state index contributed by atoms with van der Waals surface area (Å²) >= 11 is 0. The van der Waals surface area contributed by atoms with Crippen molar-refractivity contribution in [1.82, 2.24) is 4.98 Å². The molecule has 140 valence electrons. The van der Waals surface area contributed by atoms with Gasteiger partial charge in [-0.25, -0.2) is 4.98 Å². The van der Waals surface area contributed by atoms with Crippen molar-refractivity contribution >= 4 is 22.7 Å². The number of carbonyl (C=O) groups excluding carboxylic acids is 1. The second-order valence-corrected chi connectivity index (χ2v) is 6.87. The van der Waals surface area contributed by atoms with Crippen molar-refractivity contribution in [2.24, 2.45) is 0 Å². The summed E-state index contributed by atoms with van der Waals surface area (Å²) in [5.41, 5.74) is 5.57. The fourth-order valence-corrected chi connectivity index (χ4v) is 3.07. The Morgan fingerprint density at radius 2 is 1.79 bits per heavy atom. The number of nitrogens with zero attached hydrogens (tertiary/aromatic N) is 1. The van der Waals surface area contributed by atoms with Crippen LogP contribution in [0, 0.1) is 13.8 Å². The molecule has 5 nitrogen and oxygen atoms in total. The SMILES string of the molecule is Cc1cc2nc(-c3cc(NC(=O)Cc4ccccc4)ccc3O)oc2cc1C. The monoisotopic (exact) mass is 372 g/mol. The Balaban J connectivity index is 1.61. The van der Waals surface area contributed by atoms with E-state index in [1.54, 1.807) is 12.1 Å². The molecule has 2 N–H and O–H groups in total. The highest BCUT2D eigenvalue weighted by Crippen LogP contribution is 2.34. The Hall–Kier alpha value is -3.60. The van der Waals surface area contributed by atoms with Gasteiger partial charge in [-0.2, -0.15) is 0 Å². The molecular weight excluding hydrogens is 352 g/mol. The van der Waals surface area contributed by atoms with Crippen LogP contribution in [-0.4, -0.2) is 16.0 Å². The third-order valence-corrected chi connectivity index (χ3v) is 4.72. The van der Waals surface area contributed by atoms with Gasteiger partial charge in [0.1, 0.15) is 11.3 Å². The highest BCUT2D eigenvalue weighted by molar-refractivity contribution is 5.93. The molecule has 0 saturated heterocycles. The number of fused-ring (bicyclic) bond motifs is 1. The summed E-state index contributed by atoms with van der Waals surface area (Å²) in [6.45, 7) is 4.03. The third-order valence-electron chi connectivity index (χ3n) is 4.72. The summed E-state index contributed by atoms with van der Waals surface area (Å²) in [6, 6.07) is 18.3. The fourth-order valence-electron chi connectivity index (χ4n) is 3.07. The van der Waals surface area contributed by atoms with E-state index in [2.05, 4.69) is 10.3 Å². The normalized spacial score (nSPS) is 10.9. The lowest BCUT2D eigenvalue weighted by molar-refractivity contribution is -0.115. The summed E-state index contributed by atoms with van der Waals surface area (Å²) in [4.78, 5) is 16.8. The maximum Gasteiger partial charge on any atom is 0.231 e. The van der Waals surface area contributed by atoms with Crippen molar-refractivity contribution in [1.29, 1.82) is 0 Å². The van der Waals surface area contributed by atoms with Crippen LogP contribution < -0.4 is 5.32 Å². The first-order chi connectivity index (χ1) is 13.5. The van der Waals surface area contributed by atoms with Crippen molar-refractivity contribution in [3.63, 3.8) is 0 Å². The van der Waals surface area contributed by atoms with Crippen molar-refractivity contribution < 1.29 is 14.3 Å². The summed E-state index contributed by atoms with van der Waals surface area (Å²) < 4.78 is 5.84. The van der Waals surface area contributed by atoms with E-state index in [1.807, 2.05) is 56.3 Å². The summed E-state index contributed by atoms with van der Waals surface area (Å²) in [5, 5.41) is 13.1. The van der Waals surface area contributed by atoms with Crippen LogP contribution in [0.2, 0.25) is 0 Å². The summed E-state index contributed by atoms with van der Waals surface area (Å²) in [7, 11) is 0. The molecule has 0 unspecified atom stereocenters. The number of aromatic nitrogens is 1. The second-order valence-electron chi connectivity index (χ2n) is 6.87. The van der Waals surface area contributed by atoms with E-state index in [4.69, 9.17) is 4.42 Å². The number of aryl methyl sites for hydroxylation is 2. The van der Waals surface area contributed by atoms with E-state index in [-0.39, 0.29) is 18.1 Å². The van der Waals surface area contributed by atoms with Gasteiger partial charge in [-0.15, -0.1) is 0 Å². The average molecular weight is 372 g/mol.